The fourth-order valence-corrected chi connectivity index (χ4v) is 23.7. The molecule has 1 spiro atoms. The monoisotopic (exact) mass is 977 g/mol. The van der Waals surface area contributed by atoms with Gasteiger partial charge < -0.3 is 28.2 Å². The zero-order chi connectivity index (χ0) is 49.6. The molecule has 1 aliphatic heterocycles. The molecular formula is C59H88O6Si3. The average molecular weight is 978 g/mol. The molecule has 9 atom stereocenters. The molecule has 4 aromatic carbocycles. The summed E-state index contributed by atoms with van der Waals surface area (Å²) in [6.45, 7) is 33.7. The lowest BCUT2D eigenvalue weighted by Crippen LogP contribution is -2.68. The van der Waals surface area contributed by atoms with Crippen molar-refractivity contribution in [3.05, 3.63) is 121 Å². The Morgan fingerprint density at radius 2 is 1.09 bits per heavy atom. The summed E-state index contributed by atoms with van der Waals surface area (Å²) in [5.74, 6) is 0.241. The molecule has 6 nitrogen and oxygen atoms in total. The summed E-state index contributed by atoms with van der Waals surface area (Å²) in [5.41, 5.74) is -1.62. The van der Waals surface area contributed by atoms with Crippen LogP contribution in [-0.2, 0) is 18.0 Å². The van der Waals surface area contributed by atoms with Crippen molar-refractivity contribution in [3.8, 4) is 0 Å². The van der Waals surface area contributed by atoms with Crippen molar-refractivity contribution in [2.75, 3.05) is 19.8 Å². The number of aliphatic hydroxyl groups excluding tert-OH is 1. The fraction of sp³-hybridized carbons (Fsp3) is 0.593. The first-order chi connectivity index (χ1) is 31.8. The molecule has 2 N–H and O–H groups in total. The minimum Gasteiger partial charge on any atom is -0.416 e. The van der Waals surface area contributed by atoms with E-state index in [9.17, 15) is 10.2 Å². The third-order valence-corrected chi connectivity index (χ3v) is 32.5. The standard InChI is InChI=1S/C59H88O6Si3/c1-44-39-45(42-63-67(55(5,6)7,46-27-19-15-20-28-46)47-29-21-16-22-30-47)64-59(44)37-36-57(11,53(59)35-38-60)40-51-50(43-62-66(13,14)54(2,3)4)52(41-58(51,12)61)65-68(56(8,9)10,48-31-23-17-24-32-48)49-33-25-18-26-34-49/h15-34,44-45,50-53,60-61H,35-43H2,1-14H3/t44-,45+,50+,51-,52-,53+,57+,58+,59-/m0/s1. The molecule has 0 bridgehead atoms. The van der Waals surface area contributed by atoms with Gasteiger partial charge in [0.2, 0.25) is 0 Å². The number of aliphatic hydroxyl groups is 2. The zero-order valence-electron chi connectivity index (χ0n) is 44.4. The van der Waals surface area contributed by atoms with E-state index in [1.165, 1.54) is 20.7 Å². The third kappa shape index (κ3) is 9.80. The summed E-state index contributed by atoms with van der Waals surface area (Å²) in [5, 5.41) is 28.8. The first-order valence-corrected chi connectivity index (χ1v) is 32.7. The van der Waals surface area contributed by atoms with Crippen LogP contribution in [0, 0.1) is 29.1 Å². The topological polar surface area (TPSA) is 77.4 Å². The van der Waals surface area contributed by atoms with E-state index in [1.54, 1.807) is 0 Å². The maximum Gasteiger partial charge on any atom is 0.261 e. The van der Waals surface area contributed by atoms with Crippen LogP contribution in [0.4, 0.5) is 0 Å². The predicted octanol–water partition coefficient (Wildman–Crippen LogP) is 11.3. The van der Waals surface area contributed by atoms with E-state index in [2.05, 4.69) is 218 Å². The van der Waals surface area contributed by atoms with Gasteiger partial charge in [0, 0.05) is 25.6 Å². The van der Waals surface area contributed by atoms with Gasteiger partial charge in [0.25, 0.3) is 16.6 Å². The van der Waals surface area contributed by atoms with Gasteiger partial charge >= 0.3 is 0 Å². The summed E-state index contributed by atoms with van der Waals surface area (Å²) >= 11 is 0. The first-order valence-electron chi connectivity index (χ1n) is 26.0. The van der Waals surface area contributed by atoms with Crippen LogP contribution < -0.4 is 20.7 Å². The molecule has 3 fully saturated rings. The van der Waals surface area contributed by atoms with Crippen LogP contribution in [0.2, 0.25) is 28.2 Å². The van der Waals surface area contributed by atoms with Gasteiger partial charge in [-0.2, -0.15) is 0 Å². The summed E-state index contributed by atoms with van der Waals surface area (Å²) < 4.78 is 30.4. The molecule has 4 aromatic rings. The van der Waals surface area contributed by atoms with Crippen LogP contribution in [-0.4, -0.2) is 78.4 Å². The van der Waals surface area contributed by atoms with E-state index in [-0.39, 0.29) is 63.0 Å². The van der Waals surface area contributed by atoms with Crippen LogP contribution in [0.3, 0.4) is 0 Å². The number of hydrogen-bond acceptors (Lipinski definition) is 6. The predicted molar refractivity (Wildman–Crippen MR) is 290 cm³/mol. The Morgan fingerprint density at radius 3 is 1.51 bits per heavy atom. The molecule has 372 valence electrons. The van der Waals surface area contributed by atoms with Crippen LogP contribution in [0.5, 0.6) is 0 Å². The summed E-state index contributed by atoms with van der Waals surface area (Å²) in [6.07, 6.45) is 4.50. The molecular weight excluding hydrogens is 889 g/mol. The van der Waals surface area contributed by atoms with E-state index >= 15 is 0 Å². The van der Waals surface area contributed by atoms with Gasteiger partial charge in [-0.1, -0.05) is 197 Å². The largest absolute Gasteiger partial charge is 0.416 e. The normalized spacial score (nSPS) is 29.5. The van der Waals surface area contributed by atoms with Gasteiger partial charge in [-0.25, -0.2) is 0 Å². The van der Waals surface area contributed by atoms with Gasteiger partial charge in [0.1, 0.15) is 0 Å². The minimum atomic E-state index is -2.99. The Morgan fingerprint density at radius 1 is 0.632 bits per heavy atom. The lowest BCUT2D eigenvalue weighted by molar-refractivity contribution is -0.117. The number of ether oxygens (including phenoxy) is 1. The molecule has 9 heteroatoms. The number of hydrogen-bond donors (Lipinski definition) is 2. The molecule has 2 saturated carbocycles. The smallest absolute Gasteiger partial charge is 0.261 e. The lowest BCUT2D eigenvalue weighted by Gasteiger charge is -2.47. The van der Waals surface area contributed by atoms with Crippen molar-refractivity contribution < 1.29 is 28.2 Å². The Bertz CT molecular complexity index is 2160. The van der Waals surface area contributed by atoms with Crippen molar-refractivity contribution in [2.45, 2.75) is 173 Å². The molecule has 3 aliphatic rings. The molecule has 2 aliphatic carbocycles. The Labute approximate surface area is 415 Å². The van der Waals surface area contributed by atoms with E-state index in [0.717, 1.165) is 25.7 Å². The van der Waals surface area contributed by atoms with Crippen LogP contribution in [0.1, 0.15) is 122 Å². The Balaban J connectivity index is 1.23. The summed E-state index contributed by atoms with van der Waals surface area (Å²) in [6, 6.07) is 43.7. The second-order valence-electron chi connectivity index (χ2n) is 25.5. The van der Waals surface area contributed by atoms with Crippen molar-refractivity contribution in [3.63, 3.8) is 0 Å². The maximum absolute atomic E-state index is 13.1. The number of benzene rings is 4. The highest BCUT2D eigenvalue weighted by molar-refractivity contribution is 7.00. The van der Waals surface area contributed by atoms with E-state index in [0.29, 0.717) is 26.1 Å². The zero-order valence-corrected chi connectivity index (χ0v) is 47.4. The highest BCUT2D eigenvalue weighted by atomic mass is 28.4. The quantitative estimate of drug-likeness (QED) is 0.109. The molecule has 0 amide bonds. The third-order valence-electron chi connectivity index (χ3n) is 18.0. The first kappa shape index (κ1) is 53.1. The Kier molecular flexibility index (Phi) is 15.4. The SMILES string of the molecule is C[C@H]1C[C@H](CO[Si](c2ccccc2)(c2ccccc2)C(C)(C)C)O[C@@]12CC[C@](C)(C[C@H]1[C@@H](CO[Si](C)(C)C(C)(C)C)[C@@H](O[Si](c3ccccc3)(c3ccccc3)C(C)(C)C)C[C@@]1(C)O)[C@H]2CCO. The number of rotatable bonds is 16. The molecule has 1 heterocycles. The van der Waals surface area contributed by atoms with E-state index in [1.807, 2.05) is 0 Å². The van der Waals surface area contributed by atoms with Crippen molar-refractivity contribution >= 4 is 45.7 Å². The van der Waals surface area contributed by atoms with Gasteiger partial charge in [0.05, 0.1) is 30.0 Å². The molecule has 0 unspecified atom stereocenters. The summed E-state index contributed by atoms with van der Waals surface area (Å²) in [7, 11) is -7.96. The highest BCUT2D eigenvalue weighted by Crippen LogP contribution is 2.63. The summed E-state index contributed by atoms with van der Waals surface area (Å²) in [4.78, 5) is 0. The molecule has 0 aromatic heterocycles. The van der Waals surface area contributed by atoms with Crippen molar-refractivity contribution in [2.24, 2.45) is 29.1 Å². The average Bonchev–Trinajstić information content (AvgIpc) is 3.84. The van der Waals surface area contributed by atoms with Gasteiger partial charge in [0.15, 0.2) is 8.32 Å². The van der Waals surface area contributed by atoms with Crippen LogP contribution >= 0.6 is 0 Å². The van der Waals surface area contributed by atoms with Gasteiger partial charge in [-0.05, 0) is 111 Å². The highest BCUT2D eigenvalue weighted by Gasteiger charge is 2.65. The second-order valence-corrected chi connectivity index (χ2v) is 38.8. The minimum absolute atomic E-state index is 0.0292. The molecule has 1 saturated heterocycles. The Hall–Kier alpha value is -2.71. The molecule has 7 rings (SSSR count). The molecule has 68 heavy (non-hydrogen) atoms. The van der Waals surface area contributed by atoms with E-state index in [4.69, 9.17) is 18.0 Å². The van der Waals surface area contributed by atoms with Gasteiger partial charge in [-0.15, -0.1) is 0 Å². The fourth-order valence-electron chi connectivity index (χ4n) is 13.4. The van der Waals surface area contributed by atoms with Crippen molar-refractivity contribution in [1.82, 2.24) is 0 Å². The second kappa shape index (κ2) is 19.7. The van der Waals surface area contributed by atoms with Crippen LogP contribution in [0.15, 0.2) is 121 Å². The van der Waals surface area contributed by atoms with Gasteiger partial charge in [-0.3, -0.25) is 0 Å². The lowest BCUT2D eigenvalue weighted by atomic mass is 9.64. The van der Waals surface area contributed by atoms with E-state index < -0.39 is 36.2 Å². The van der Waals surface area contributed by atoms with Crippen LogP contribution in [0.25, 0.3) is 0 Å². The van der Waals surface area contributed by atoms with Crippen molar-refractivity contribution in [1.29, 1.82) is 0 Å². The molecule has 0 radical (unpaired) electrons. The maximum atomic E-state index is 13.1.